The van der Waals surface area contributed by atoms with Gasteiger partial charge in [0.1, 0.15) is 6.07 Å². The molecule has 0 saturated carbocycles. The van der Waals surface area contributed by atoms with Crippen molar-refractivity contribution in [3.63, 3.8) is 0 Å². The van der Waals surface area contributed by atoms with Crippen LogP contribution in [0, 0.1) is 11.3 Å². The zero-order valence-electron chi connectivity index (χ0n) is 21.6. The fourth-order valence-corrected chi connectivity index (χ4v) is 5.45. The normalized spacial score (nSPS) is 11.9. The van der Waals surface area contributed by atoms with Gasteiger partial charge in [0, 0.05) is 23.0 Å². The van der Waals surface area contributed by atoms with Crippen molar-refractivity contribution < 1.29 is 0 Å². The number of rotatable bonds is 4. The van der Waals surface area contributed by atoms with Gasteiger partial charge in [-0.1, -0.05) is 78.9 Å². The SMILES string of the molecule is N#Cc1ccc(-c2cccc(-c3ccccc3N3c4ccccc4N(c4ccccc4)c4ccccc43)c2)nc1. The van der Waals surface area contributed by atoms with Crippen LogP contribution in [-0.2, 0) is 0 Å². The second-order valence-electron chi connectivity index (χ2n) is 9.63. The van der Waals surface area contributed by atoms with Gasteiger partial charge in [0.15, 0.2) is 0 Å². The molecule has 4 heteroatoms. The first-order valence-electron chi connectivity index (χ1n) is 13.2. The molecule has 0 radical (unpaired) electrons. The summed E-state index contributed by atoms with van der Waals surface area (Å²) in [5.74, 6) is 0. The highest BCUT2D eigenvalue weighted by Gasteiger charge is 2.31. The first kappa shape index (κ1) is 23.5. The zero-order chi connectivity index (χ0) is 26.9. The predicted octanol–water partition coefficient (Wildman–Crippen LogP) is 9.54. The summed E-state index contributed by atoms with van der Waals surface area (Å²) in [4.78, 5) is 9.23. The molecule has 0 spiro atoms. The molecule has 0 atom stereocenters. The highest BCUT2D eigenvalue weighted by molar-refractivity contribution is 6.03. The predicted molar refractivity (Wildman–Crippen MR) is 163 cm³/mol. The van der Waals surface area contributed by atoms with Crippen molar-refractivity contribution >= 4 is 34.1 Å². The number of nitrogens with zero attached hydrogens (tertiary/aromatic N) is 4. The summed E-state index contributed by atoms with van der Waals surface area (Å²) in [5.41, 5.74) is 11.3. The van der Waals surface area contributed by atoms with Crippen molar-refractivity contribution in [1.82, 2.24) is 4.98 Å². The standard InChI is InChI=1S/C36H24N4/c37-24-26-21-22-31(38-25-26)28-12-10-11-27(23-28)30-15-4-5-16-32(30)40-35-19-8-6-17-33(35)39(29-13-2-1-3-14-29)34-18-7-9-20-36(34)40/h1-23,25H. The van der Waals surface area contributed by atoms with Gasteiger partial charge in [-0.3, -0.25) is 4.98 Å². The fourth-order valence-electron chi connectivity index (χ4n) is 5.45. The average molecular weight is 513 g/mol. The van der Waals surface area contributed by atoms with E-state index in [0.717, 1.165) is 56.5 Å². The Bertz CT molecular complexity index is 1820. The van der Waals surface area contributed by atoms with Crippen LogP contribution in [-0.4, -0.2) is 4.98 Å². The smallest absolute Gasteiger partial charge is 0.101 e. The molecule has 4 nitrogen and oxygen atoms in total. The molecule has 1 aromatic heterocycles. The van der Waals surface area contributed by atoms with Crippen molar-refractivity contribution in [3.8, 4) is 28.5 Å². The summed E-state index contributed by atoms with van der Waals surface area (Å²) in [7, 11) is 0. The number of hydrogen-bond donors (Lipinski definition) is 0. The summed E-state index contributed by atoms with van der Waals surface area (Å²) in [6, 6.07) is 50.5. The number of nitriles is 1. The molecule has 1 aliphatic heterocycles. The Morgan fingerprint density at radius 2 is 1.07 bits per heavy atom. The number of benzene rings is 5. The monoisotopic (exact) mass is 512 g/mol. The van der Waals surface area contributed by atoms with Crippen LogP contribution in [0.2, 0.25) is 0 Å². The molecule has 40 heavy (non-hydrogen) atoms. The fraction of sp³-hybridized carbons (Fsp3) is 0. The van der Waals surface area contributed by atoms with Gasteiger partial charge in [-0.25, -0.2) is 0 Å². The summed E-state index contributed by atoms with van der Waals surface area (Å²) >= 11 is 0. The molecule has 0 fully saturated rings. The van der Waals surface area contributed by atoms with Crippen molar-refractivity contribution in [2.45, 2.75) is 0 Å². The van der Waals surface area contributed by atoms with Gasteiger partial charge in [0.2, 0.25) is 0 Å². The van der Waals surface area contributed by atoms with Crippen LogP contribution in [0.4, 0.5) is 34.1 Å². The zero-order valence-corrected chi connectivity index (χ0v) is 21.6. The molecule has 0 bridgehead atoms. The maximum Gasteiger partial charge on any atom is 0.101 e. The average Bonchev–Trinajstić information content (AvgIpc) is 3.04. The van der Waals surface area contributed by atoms with Crippen molar-refractivity contribution in [1.29, 1.82) is 5.26 Å². The van der Waals surface area contributed by atoms with E-state index in [1.807, 2.05) is 12.1 Å². The van der Waals surface area contributed by atoms with E-state index in [1.54, 1.807) is 6.20 Å². The van der Waals surface area contributed by atoms with Crippen LogP contribution in [0.5, 0.6) is 0 Å². The van der Waals surface area contributed by atoms with E-state index in [1.165, 1.54) is 0 Å². The first-order valence-corrected chi connectivity index (χ1v) is 13.2. The Hall–Kier alpha value is -5.66. The molecule has 0 saturated heterocycles. The van der Waals surface area contributed by atoms with Crippen LogP contribution in [0.15, 0.2) is 146 Å². The summed E-state index contributed by atoms with van der Waals surface area (Å²) in [5, 5.41) is 9.17. The molecular weight excluding hydrogens is 488 g/mol. The molecule has 188 valence electrons. The number of aromatic nitrogens is 1. The number of anilines is 6. The lowest BCUT2D eigenvalue weighted by atomic mass is 9.97. The van der Waals surface area contributed by atoms with E-state index in [-0.39, 0.29) is 0 Å². The highest BCUT2D eigenvalue weighted by Crippen LogP contribution is 2.55. The van der Waals surface area contributed by atoms with Crippen molar-refractivity contribution in [2.75, 3.05) is 9.80 Å². The van der Waals surface area contributed by atoms with Crippen LogP contribution in [0.1, 0.15) is 5.56 Å². The molecule has 6 aromatic rings. The Balaban J connectivity index is 1.40. The molecule has 0 unspecified atom stereocenters. The van der Waals surface area contributed by atoms with E-state index in [9.17, 15) is 0 Å². The second-order valence-corrected chi connectivity index (χ2v) is 9.63. The van der Waals surface area contributed by atoms with Gasteiger partial charge in [-0.15, -0.1) is 0 Å². The molecule has 2 heterocycles. The minimum absolute atomic E-state index is 0.553. The lowest BCUT2D eigenvalue weighted by Crippen LogP contribution is -2.24. The number of para-hydroxylation sites is 6. The van der Waals surface area contributed by atoms with Gasteiger partial charge in [0.05, 0.1) is 39.7 Å². The molecule has 7 rings (SSSR count). The van der Waals surface area contributed by atoms with E-state index in [2.05, 4.69) is 148 Å². The molecule has 0 amide bonds. The molecule has 0 N–H and O–H groups in total. The molecule has 5 aromatic carbocycles. The molecule has 1 aliphatic rings. The quantitative estimate of drug-likeness (QED) is 0.235. The van der Waals surface area contributed by atoms with Crippen molar-refractivity contribution in [2.24, 2.45) is 0 Å². The lowest BCUT2D eigenvalue weighted by Gasteiger charge is -2.41. The van der Waals surface area contributed by atoms with Crippen LogP contribution < -0.4 is 9.80 Å². The van der Waals surface area contributed by atoms with Gasteiger partial charge in [-0.05, 0) is 66.2 Å². The topological polar surface area (TPSA) is 43.2 Å². The van der Waals surface area contributed by atoms with E-state index in [0.29, 0.717) is 5.56 Å². The third-order valence-electron chi connectivity index (χ3n) is 7.25. The lowest BCUT2D eigenvalue weighted by molar-refractivity contribution is 1.17. The summed E-state index contributed by atoms with van der Waals surface area (Å²) in [6.45, 7) is 0. The van der Waals surface area contributed by atoms with E-state index >= 15 is 0 Å². The van der Waals surface area contributed by atoms with Gasteiger partial charge < -0.3 is 9.80 Å². The maximum absolute atomic E-state index is 9.17. The Morgan fingerprint density at radius 1 is 0.500 bits per heavy atom. The summed E-state index contributed by atoms with van der Waals surface area (Å²) < 4.78 is 0. The first-order chi connectivity index (χ1) is 19.8. The highest BCUT2D eigenvalue weighted by atomic mass is 15.3. The minimum atomic E-state index is 0.553. The molecule has 0 aliphatic carbocycles. The largest absolute Gasteiger partial charge is 0.306 e. The Kier molecular flexibility index (Phi) is 5.81. The number of hydrogen-bond acceptors (Lipinski definition) is 4. The van der Waals surface area contributed by atoms with Crippen LogP contribution >= 0.6 is 0 Å². The Labute approximate surface area is 233 Å². The third kappa shape index (κ3) is 3.98. The minimum Gasteiger partial charge on any atom is -0.306 e. The van der Waals surface area contributed by atoms with Gasteiger partial charge in [-0.2, -0.15) is 5.26 Å². The van der Waals surface area contributed by atoms with Crippen LogP contribution in [0.25, 0.3) is 22.4 Å². The molecular formula is C36H24N4. The van der Waals surface area contributed by atoms with E-state index < -0.39 is 0 Å². The third-order valence-corrected chi connectivity index (χ3v) is 7.25. The summed E-state index contributed by atoms with van der Waals surface area (Å²) in [6.07, 6.45) is 1.62. The van der Waals surface area contributed by atoms with Crippen molar-refractivity contribution in [3.05, 3.63) is 151 Å². The second kappa shape index (κ2) is 9.90. The van der Waals surface area contributed by atoms with E-state index in [4.69, 9.17) is 5.26 Å². The van der Waals surface area contributed by atoms with Gasteiger partial charge >= 0.3 is 0 Å². The van der Waals surface area contributed by atoms with Crippen LogP contribution in [0.3, 0.4) is 0 Å². The van der Waals surface area contributed by atoms with Gasteiger partial charge in [0.25, 0.3) is 0 Å². The number of pyridine rings is 1. The Morgan fingerprint density at radius 3 is 1.70 bits per heavy atom. The maximum atomic E-state index is 9.17. The number of fused-ring (bicyclic) bond motifs is 2.